The van der Waals surface area contributed by atoms with Gasteiger partial charge in [-0.2, -0.15) is 5.10 Å². The minimum absolute atomic E-state index is 0.125. The van der Waals surface area contributed by atoms with Gasteiger partial charge in [0.05, 0.1) is 24.3 Å². The number of pyridine rings is 1. The molecule has 0 spiro atoms. The third-order valence-corrected chi connectivity index (χ3v) is 5.95. The Morgan fingerprint density at radius 2 is 2.09 bits per heavy atom. The summed E-state index contributed by atoms with van der Waals surface area (Å²) in [4.78, 5) is 4.16. The third-order valence-electron chi connectivity index (χ3n) is 5.24. The first-order valence-electron chi connectivity index (χ1n) is 9.82. The Labute approximate surface area is 192 Å². The van der Waals surface area contributed by atoms with Gasteiger partial charge in [-0.25, -0.2) is 18.2 Å². The molecule has 2 atom stereocenters. The highest BCUT2D eigenvalue weighted by Gasteiger charge is 2.39. The van der Waals surface area contributed by atoms with Gasteiger partial charge in [0.15, 0.2) is 11.6 Å². The Kier molecular flexibility index (Phi) is 6.24. The minimum atomic E-state index is -2.70. The number of nitrogen functional groups attached to an aromatic ring is 1. The molecule has 6 nitrogen and oxygen atoms in total. The number of hydrogen-bond donors (Lipinski definition) is 2. The molecule has 1 aliphatic rings. The van der Waals surface area contributed by atoms with Gasteiger partial charge in [-0.15, -0.1) is 0 Å². The van der Waals surface area contributed by atoms with Gasteiger partial charge in [-0.05, 0) is 25.1 Å². The summed E-state index contributed by atoms with van der Waals surface area (Å²) in [6.07, 6.45) is 3.96. The van der Waals surface area contributed by atoms with Crippen molar-refractivity contribution in [1.82, 2.24) is 20.1 Å². The maximum atomic E-state index is 13.9. The van der Waals surface area contributed by atoms with E-state index in [9.17, 15) is 13.2 Å². The third kappa shape index (κ3) is 4.79. The molecule has 170 valence electrons. The number of alkyl halides is 2. The van der Waals surface area contributed by atoms with Crippen LogP contribution in [-0.2, 0) is 6.54 Å². The first-order chi connectivity index (χ1) is 15.1. The summed E-state index contributed by atoms with van der Waals surface area (Å²) in [6.45, 7) is 1.65. The molecule has 32 heavy (non-hydrogen) atoms. The van der Waals surface area contributed by atoms with Gasteiger partial charge in [-0.1, -0.05) is 23.2 Å². The summed E-state index contributed by atoms with van der Waals surface area (Å²) in [5.74, 6) is -2.91. The molecule has 2 aromatic heterocycles. The number of halogens is 5. The van der Waals surface area contributed by atoms with Crippen molar-refractivity contribution in [3.63, 3.8) is 0 Å². The molecule has 0 amide bonds. The van der Waals surface area contributed by atoms with E-state index in [1.165, 1.54) is 12.1 Å². The maximum absolute atomic E-state index is 13.9. The molecule has 0 radical (unpaired) electrons. The van der Waals surface area contributed by atoms with Crippen LogP contribution in [0.5, 0.6) is 5.75 Å². The van der Waals surface area contributed by atoms with Crippen molar-refractivity contribution in [1.29, 1.82) is 0 Å². The zero-order valence-electron chi connectivity index (χ0n) is 17.0. The fourth-order valence-electron chi connectivity index (χ4n) is 3.64. The topological polar surface area (TPSA) is 78.0 Å². The zero-order chi connectivity index (χ0) is 23.0. The van der Waals surface area contributed by atoms with Gasteiger partial charge in [-0.3, -0.25) is 4.68 Å². The van der Waals surface area contributed by atoms with Crippen molar-refractivity contribution < 1.29 is 17.9 Å². The van der Waals surface area contributed by atoms with Gasteiger partial charge in [0.2, 0.25) is 0 Å². The van der Waals surface area contributed by atoms with E-state index in [0.717, 1.165) is 0 Å². The van der Waals surface area contributed by atoms with E-state index >= 15 is 0 Å². The Morgan fingerprint density at radius 1 is 1.31 bits per heavy atom. The second-order valence-corrected chi connectivity index (χ2v) is 8.50. The Balaban J connectivity index is 1.52. The van der Waals surface area contributed by atoms with Crippen LogP contribution in [-0.4, -0.2) is 33.3 Å². The molecule has 11 heteroatoms. The predicted octanol–water partition coefficient (Wildman–Crippen LogP) is 5.11. The van der Waals surface area contributed by atoms with E-state index in [1.807, 2.05) is 0 Å². The molecule has 0 aliphatic carbocycles. The SMILES string of the molecule is CC(Oc1cc(-c2cnn(CC3CC(F)(F)CN3)c2)cnc1N)c1c(Cl)ccc(F)c1Cl. The van der Waals surface area contributed by atoms with E-state index in [1.54, 1.807) is 36.3 Å². The van der Waals surface area contributed by atoms with Crippen LogP contribution in [0.1, 0.15) is 25.0 Å². The van der Waals surface area contributed by atoms with Gasteiger partial charge >= 0.3 is 0 Å². The van der Waals surface area contributed by atoms with E-state index in [0.29, 0.717) is 23.2 Å². The molecule has 2 unspecified atom stereocenters. The average Bonchev–Trinajstić information content (AvgIpc) is 3.33. The van der Waals surface area contributed by atoms with Crippen molar-refractivity contribution >= 4 is 29.0 Å². The van der Waals surface area contributed by atoms with E-state index < -0.39 is 17.8 Å². The first kappa shape index (κ1) is 22.7. The smallest absolute Gasteiger partial charge is 0.261 e. The predicted molar refractivity (Wildman–Crippen MR) is 117 cm³/mol. The Bertz CT molecular complexity index is 1140. The second-order valence-electron chi connectivity index (χ2n) is 7.71. The lowest BCUT2D eigenvalue weighted by Gasteiger charge is -2.19. The van der Waals surface area contributed by atoms with Crippen molar-refractivity contribution in [2.24, 2.45) is 0 Å². The molecular weight excluding hydrogens is 466 g/mol. The average molecular weight is 486 g/mol. The fourth-order valence-corrected chi connectivity index (χ4v) is 4.32. The van der Waals surface area contributed by atoms with Gasteiger partial charge in [0, 0.05) is 46.6 Å². The van der Waals surface area contributed by atoms with Crippen LogP contribution < -0.4 is 15.8 Å². The molecule has 3 heterocycles. The van der Waals surface area contributed by atoms with E-state index in [4.69, 9.17) is 33.7 Å². The van der Waals surface area contributed by atoms with Crippen LogP contribution in [0.15, 0.2) is 36.8 Å². The van der Waals surface area contributed by atoms with Crippen LogP contribution in [0.3, 0.4) is 0 Å². The lowest BCUT2D eigenvalue weighted by molar-refractivity contribution is 0.0205. The Morgan fingerprint density at radius 3 is 2.81 bits per heavy atom. The number of aromatic nitrogens is 3. The molecule has 1 aliphatic heterocycles. The first-order valence-corrected chi connectivity index (χ1v) is 10.6. The summed E-state index contributed by atoms with van der Waals surface area (Å²) < 4.78 is 48.1. The largest absolute Gasteiger partial charge is 0.482 e. The summed E-state index contributed by atoms with van der Waals surface area (Å²) in [5, 5.41) is 7.19. The number of hydrogen-bond acceptors (Lipinski definition) is 5. The van der Waals surface area contributed by atoms with Crippen LogP contribution in [0.4, 0.5) is 19.0 Å². The van der Waals surface area contributed by atoms with Crippen LogP contribution in [0.25, 0.3) is 11.1 Å². The molecule has 3 N–H and O–H groups in total. The maximum Gasteiger partial charge on any atom is 0.261 e. The molecular formula is C21H20Cl2F3N5O. The van der Waals surface area contributed by atoms with E-state index in [-0.39, 0.29) is 40.6 Å². The van der Waals surface area contributed by atoms with Crippen molar-refractivity contribution in [3.8, 4) is 16.9 Å². The van der Waals surface area contributed by atoms with Crippen molar-refractivity contribution in [3.05, 3.63) is 58.2 Å². The van der Waals surface area contributed by atoms with Crippen LogP contribution in [0.2, 0.25) is 10.0 Å². The molecule has 0 bridgehead atoms. The van der Waals surface area contributed by atoms with Crippen LogP contribution in [0, 0.1) is 5.82 Å². The number of rotatable bonds is 6. The summed E-state index contributed by atoms with van der Waals surface area (Å²) in [7, 11) is 0. The number of nitrogens with one attached hydrogen (secondary N) is 1. The normalized spacial score (nSPS) is 18.6. The number of nitrogens with zero attached hydrogens (tertiary/aromatic N) is 3. The lowest BCUT2D eigenvalue weighted by Crippen LogP contribution is -2.27. The highest BCUT2D eigenvalue weighted by atomic mass is 35.5. The van der Waals surface area contributed by atoms with Gasteiger partial charge in [0.1, 0.15) is 11.9 Å². The molecule has 1 saturated heterocycles. The summed E-state index contributed by atoms with van der Waals surface area (Å²) >= 11 is 12.2. The monoisotopic (exact) mass is 485 g/mol. The lowest BCUT2D eigenvalue weighted by atomic mass is 10.1. The molecule has 1 fully saturated rings. The summed E-state index contributed by atoms with van der Waals surface area (Å²) in [5.41, 5.74) is 7.63. The fraction of sp³-hybridized carbons (Fsp3) is 0.333. The number of ether oxygens (including phenoxy) is 1. The highest BCUT2D eigenvalue weighted by Crippen LogP contribution is 2.37. The van der Waals surface area contributed by atoms with Gasteiger partial charge in [0.25, 0.3) is 5.92 Å². The molecule has 3 aromatic rings. The number of anilines is 1. The quantitative estimate of drug-likeness (QED) is 0.474. The zero-order valence-corrected chi connectivity index (χ0v) is 18.5. The van der Waals surface area contributed by atoms with Crippen molar-refractivity contribution in [2.45, 2.75) is 38.0 Å². The van der Waals surface area contributed by atoms with Crippen molar-refractivity contribution in [2.75, 3.05) is 12.3 Å². The standard InChI is InChI=1S/C21H20Cl2F3N5O/c1-11(18-15(22)2-3-16(24)19(18)23)32-17-4-12(6-28-20(17)27)13-7-30-31(8-13)9-14-5-21(25,26)10-29-14/h2-4,6-8,11,14,29H,5,9-10H2,1H3,(H2,27,28). The van der Waals surface area contributed by atoms with Gasteiger partial charge < -0.3 is 15.8 Å². The molecule has 0 saturated carbocycles. The van der Waals surface area contributed by atoms with Crippen LogP contribution >= 0.6 is 23.2 Å². The number of benzene rings is 1. The number of nitrogens with two attached hydrogens (primary N) is 1. The highest BCUT2D eigenvalue weighted by molar-refractivity contribution is 6.36. The second kappa shape index (κ2) is 8.80. The van der Waals surface area contributed by atoms with E-state index in [2.05, 4.69) is 15.4 Å². The Hall–Kier alpha value is -2.49. The minimum Gasteiger partial charge on any atom is -0.482 e. The molecule has 4 rings (SSSR count). The molecule has 1 aromatic carbocycles. The summed E-state index contributed by atoms with van der Waals surface area (Å²) in [6, 6.07) is 3.89.